The molecule has 2 fully saturated rings. The highest BCUT2D eigenvalue weighted by molar-refractivity contribution is 5.48. The fourth-order valence-electron chi connectivity index (χ4n) is 4.61. The first kappa shape index (κ1) is 14.7. The van der Waals surface area contributed by atoms with Gasteiger partial charge in [0.25, 0.3) is 0 Å². The lowest BCUT2D eigenvalue weighted by molar-refractivity contribution is -0.137. The molecule has 2 aliphatic carbocycles. The minimum Gasteiger partial charge on any atom is -0.381 e. The van der Waals surface area contributed by atoms with Crippen LogP contribution in [0.4, 0.5) is 18.9 Å². The number of hydrogen-bond acceptors (Lipinski definition) is 1. The fraction of sp³-hybridized carbons (Fsp3) is 0.647. The van der Waals surface area contributed by atoms with E-state index in [1.165, 1.54) is 25.0 Å². The van der Waals surface area contributed by atoms with Gasteiger partial charge >= 0.3 is 6.18 Å². The second-order valence-corrected chi connectivity index (χ2v) is 7.57. The molecule has 0 aliphatic heterocycles. The lowest BCUT2D eigenvalue weighted by atomic mass is 9.68. The van der Waals surface area contributed by atoms with Crippen LogP contribution in [0.15, 0.2) is 24.3 Å². The zero-order chi connectivity index (χ0) is 15.5. The summed E-state index contributed by atoms with van der Waals surface area (Å²) in [4.78, 5) is 0. The van der Waals surface area contributed by atoms with E-state index in [2.05, 4.69) is 26.1 Å². The van der Waals surface area contributed by atoms with Crippen LogP contribution in [0.5, 0.6) is 0 Å². The lowest BCUT2D eigenvalue weighted by Crippen LogP contribution is -2.45. The predicted octanol–water partition coefficient (Wildman–Crippen LogP) is 5.33. The molecule has 1 unspecified atom stereocenters. The Bertz CT molecular complexity index is 544. The fourth-order valence-corrected chi connectivity index (χ4v) is 4.61. The molecule has 2 saturated carbocycles. The summed E-state index contributed by atoms with van der Waals surface area (Å²) in [6.07, 6.45) is -0.704. The average molecular weight is 297 g/mol. The lowest BCUT2D eigenvalue weighted by Gasteiger charge is -2.43. The molecular weight excluding hydrogens is 275 g/mol. The van der Waals surface area contributed by atoms with Gasteiger partial charge in [-0.2, -0.15) is 13.2 Å². The van der Waals surface area contributed by atoms with Crippen molar-refractivity contribution in [3.63, 3.8) is 0 Å². The molecule has 0 heterocycles. The monoisotopic (exact) mass is 297 g/mol. The molecule has 2 bridgehead atoms. The Balaban J connectivity index is 1.87. The molecule has 3 rings (SSSR count). The molecule has 0 aromatic heterocycles. The third kappa shape index (κ3) is 2.33. The Morgan fingerprint density at radius 1 is 1.19 bits per heavy atom. The second kappa shape index (κ2) is 4.40. The molecule has 2 aliphatic rings. The first-order chi connectivity index (χ1) is 9.63. The van der Waals surface area contributed by atoms with E-state index in [1.54, 1.807) is 6.07 Å². The maximum absolute atomic E-state index is 12.8. The number of halogens is 3. The maximum atomic E-state index is 12.8. The highest BCUT2D eigenvalue weighted by atomic mass is 19.4. The number of anilines is 1. The van der Waals surface area contributed by atoms with Crippen LogP contribution in [0.1, 0.15) is 45.6 Å². The van der Waals surface area contributed by atoms with Crippen molar-refractivity contribution in [3.05, 3.63) is 29.8 Å². The zero-order valence-corrected chi connectivity index (χ0v) is 12.7. The van der Waals surface area contributed by atoms with Crippen molar-refractivity contribution in [1.29, 1.82) is 0 Å². The number of alkyl halides is 3. The molecule has 0 saturated heterocycles. The van der Waals surface area contributed by atoms with E-state index in [4.69, 9.17) is 0 Å². The molecule has 4 heteroatoms. The average Bonchev–Trinajstić information content (AvgIpc) is 2.85. The van der Waals surface area contributed by atoms with Gasteiger partial charge in [-0.1, -0.05) is 26.8 Å². The van der Waals surface area contributed by atoms with Crippen molar-refractivity contribution < 1.29 is 13.2 Å². The minimum absolute atomic E-state index is 0.126. The molecule has 1 aromatic carbocycles. The predicted molar refractivity (Wildman–Crippen MR) is 78.1 cm³/mol. The quantitative estimate of drug-likeness (QED) is 0.777. The number of fused-ring (bicyclic) bond motifs is 2. The summed E-state index contributed by atoms with van der Waals surface area (Å²) < 4.78 is 38.5. The Morgan fingerprint density at radius 3 is 2.48 bits per heavy atom. The Kier molecular flexibility index (Phi) is 3.09. The summed E-state index contributed by atoms with van der Waals surface area (Å²) in [5.41, 5.74) is 0.319. The molecular formula is C17H22F3N. The van der Waals surface area contributed by atoms with Gasteiger partial charge in [-0.05, 0) is 54.2 Å². The van der Waals surface area contributed by atoms with E-state index >= 15 is 0 Å². The second-order valence-electron chi connectivity index (χ2n) is 7.57. The van der Waals surface area contributed by atoms with Crippen LogP contribution in [-0.4, -0.2) is 6.04 Å². The normalized spacial score (nSPS) is 34.2. The molecule has 1 aromatic rings. The summed E-state index contributed by atoms with van der Waals surface area (Å²) in [5, 5.41) is 3.42. The van der Waals surface area contributed by atoms with Gasteiger partial charge in [0, 0.05) is 11.7 Å². The van der Waals surface area contributed by atoms with Crippen LogP contribution >= 0.6 is 0 Å². The molecule has 0 radical (unpaired) electrons. The van der Waals surface area contributed by atoms with Gasteiger partial charge in [0.1, 0.15) is 0 Å². The van der Waals surface area contributed by atoms with Crippen LogP contribution in [0.25, 0.3) is 0 Å². The topological polar surface area (TPSA) is 12.0 Å². The number of benzene rings is 1. The van der Waals surface area contributed by atoms with E-state index in [0.717, 1.165) is 12.5 Å². The molecule has 0 amide bonds. The van der Waals surface area contributed by atoms with Crippen LogP contribution < -0.4 is 5.32 Å². The smallest absolute Gasteiger partial charge is 0.381 e. The molecule has 0 spiro atoms. The van der Waals surface area contributed by atoms with E-state index in [1.807, 2.05) is 0 Å². The van der Waals surface area contributed by atoms with Crippen molar-refractivity contribution in [1.82, 2.24) is 0 Å². The van der Waals surface area contributed by atoms with Gasteiger partial charge in [-0.25, -0.2) is 0 Å². The maximum Gasteiger partial charge on any atom is 0.416 e. The summed E-state index contributed by atoms with van der Waals surface area (Å²) in [7, 11) is 0. The van der Waals surface area contributed by atoms with E-state index < -0.39 is 11.7 Å². The first-order valence-electron chi connectivity index (χ1n) is 7.57. The van der Waals surface area contributed by atoms with Crippen LogP contribution in [0.3, 0.4) is 0 Å². The van der Waals surface area contributed by atoms with Crippen molar-refractivity contribution in [2.75, 3.05) is 5.32 Å². The standard InChI is InChI=1S/C17H22F3N/c1-15(2)12-7-8-16(3,10-12)14(15)21-13-6-4-5-11(9-13)17(18,19)20/h4-6,9,12,14,21H,7-8,10H2,1-3H3/t12-,14?,16+/m0/s1. The zero-order valence-electron chi connectivity index (χ0n) is 12.7. The van der Waals surface area contributed by atoms with E-state index in [0.29, 0.717) is 11.6 Å². The van der Waals surface area contributed by atoms with Gasteiger partial charge in [0.05, 0.1) is 5.56 Å². The van der Waals surface area contributed by atoms with Crippen molar-refractivity contribution >= 4 is 5.69 Å². The SMILES string of the molecule is CC1(C)C(Nc2cccc(C(F)(F)F)c2)[C@]2(C)CC[C@H]1C2. The Hall–Kier alpha value is -1.19. The van der Waals surface area contributed by atoms with Crippen molar-refractivity contribution in [2.24, 2.45) is 16.7 Å². The minimum atomic E-state index is -4.29. The van der Waals surface area contributed by atoms with Crippen molar-refractivity contribution in [3.8, 4) is 0 Å². The van der Waals surface area contributed by atoms with E-state index in [-0.39, 0.29) is 16.9 Å². The molecule has 21 heavy (non-hydrogen) atoms. The van der Waals surface area contributed by atoms with Gasteiger partial charge in [0.15, 0.2) is 0 Å². The molecule has 3 atom stereocenters. The summed E-state index contributed by atoms with van der Waals surface area (Å²) in [6.45, 7) is 6.76. The summed E-state index contributed by atoms with van der Waals surface area (Å²) in [5.74, 6) is 0.672. The summed E-state index contributed by atoms with van der Waals surface area (Å²) >= 11 is 0. The van der Waals surface area contributed by atoms with Crippen LogP contribution in [0, 0.1) is 16.7 Å². The third-order valence-corrected chi connectivity index (χ3v) is 5.77. The van der Waals surface area contributed by atoms with Gasteiger partial charge in [-0.15, -0.1) is 0 Å². The largest absolute Gasteiger partial charge is 0.416 e. The first-order valence-corrected chi connectivity index (χ1v) is 7.57. The van der Waals surface area contributed by atoms with Crippen LogP contribution in [-0.2, 0) is 6.18 Å². The molecule has 1 nitrogen and oxygen atoms in total. The third-order valence-electron chi connectivity index (χ3n) is 5.77. The van der Waals surface area contributed by atoms with Gasteiger partial charge in [-0.3, -0.25) is 0 Å². The molecule has 1 N–H and O–H groups in total. The van der Waals surface area contributed by atoms with Gasteiger partial charge in [0.2, 0.25) is 0 Å². The highest BCUT2D eigenvalue weighted by Gasteiger charge is 2.59. The van der Waals surface area contributed by atoms with E-state index in [9.17, 15) is 13.2 Å². The number of nitrogens with one attached hydrogen (secondary N) is 1. The number of hydrogen-bond donors (Lipinski definition) is 1. The van der Waals surface area contributed by atoms with Crippen molar-refractivity contribution in [2.45, 2.75) is 52.3 Å². The molecule has 116 valence electrons. The Morgan fingerprint density at radius 2 is 1.90 bits per heavy atom. The van der Waals surface area contributed by atoms with Crippen LogP contribution in [0.2, 0.25) is 0 Å². The summed E-state index contributed by atoms with van der Waals surface area (Å²) in [6, 6.07) is 5.80. The van der Waals surface area contributed by atoms with Gasteiger partial charge < -0.3 is 5.32 Å². The Labute approximate surface area is 123 Å². The highest BCUT2D eigenvalue weighted by Crippen LogP contribution is 2.63. The number of rotatable bonds is 2.